The number of aryl methyl sites for hydroxylation is 2. The summed E-state index contributed by atoms with van der Waals surface area (Å²) in [7, 11) is 0. The third-order valence-corrected chi connectivity index (χ3v) is 3.78. The number of benzene rings is 2. The summed E-state index contributed by atoms with van der Waals surface area (Å²) in [5.74, 6) is -0.127. The van der Waals surface area contributed by atoms with Gasteiger partial charge in [-0.2, -0.15) is 0 Å². The third-order valence-electron chi connectivity index (χ3n) is 3.78. The van der Waals surface area contributed by atoms with Gasteiger partial charge in [-0.05, 0) is 25.0 Å². The van der Waals surface area contributed by atoms with Crippen LogP contribution in [0.2, 0.25) is 0 Å². The highest BCUT2D eigenvalue weighted by Gasteiger charge is 2.24. The number of nitrogens with two attached hydrogens (primary N) is 1. The van der Waals surface area contributed by atoms with Crippen molar-refractivity contribution in [3.63, 3.8) is 0 Å². The van der Waals surface area contributed by atoms with E-state index in [1.807, 2.05) is 69.3 Å². The third kappa shape index (κ3) is 2.97. The van der Waals surface area contributed by atoms with Crippen molar-refractivity contribution in [3.8, 4) is 0 Å². The van der Waals surface area contributed by atoms with Crippen LogP contribution >= 0.6 is 0 Å². The molecule has 2 unspecified atom stereocenters. The molecule has 0 aliphatic carbocycles. The Balaban J connectivity index is 2.24. The Labute approximate surface area is 120 Å². The first-order valence-corrected chi connectivity index (χ1v) is 6.92. The van der Waals surface area contributed by atoms with Crippen LogP contribution < -0.4 is 5.73 Å². The van der Waals surface area contributed by atoms with Crippen molar-refractivity contribution in [2.75, 3.05) is 0 Å². The molecule has 2 atom stereocenters. The first-order valence-electron chi connectivity index (χ1n) is 6.92. The second-order valence-corrected chi connectivity index (χ2v) is 5.41. The second kappa shape index (κ2) is 6.02. The lowest BCUT2D eigenvalue weighted by atomic mass is 9.87. The first kappa shape index (κ1) is 14.5. The van der Waals surface area contributed by atoms with Crippen LogP contribution in [0.15, 0.2) is 48.5 Å². The van der Waals surface area contributed by atoms with Crippen molar-refractivity contribution in [2.45, 2.75) is 26.8 Å². The van der Waals surface area contributed by atoms with Crippen LogP contribution in [0.1, 0.15) is 40.0 Å². The second-order valence-electron chi connectivity index (χ2n) is 5.41. The van der Waals surface area contributed by atoms with E-state index in [2.05, 4.69) is 0 Å². The van der Waals surface area contributed by atoms with Gasteiger partial charge >= 0.3 is 0 Å². The summed E-state index contributed by atoms with van der Waals surface area (Å²) in [6.45, 7) is 5.90. The fraction of sp³-hybridized carbons (Fsp3) is 0.278. The van der Waals surface area contributed by atoms with Crippen molar-refractivity contribution >= 4 is 5.78 Å². The van der Waals surface area contributed by atoms with E-state index in [0.29, 0.717) is 0 Å². The molecule has 2 aromatic rings. The molecule has 0 aromatic heterocycles. The molecule has 0 aliphatic rings. The van der Waals surface area contributed by atoms with E-state index in [0.717, 1.165) is 16.7 Å². The highest BCUT2D eigenvalue weighted by Crippen LogP contribution is 2.24. The molecule has 0 fully saturated rings. The lowest BCUT2D eigenvalue weighted by Crippen LogP contribution is -2.26. The van der Waals surface area contributed by atoms with E-state index in [-0.39, 0.29) is 17.7 Å². The molecule has 0 aliphatic heterocycles. The van der Waals surface area contributed by atoms with Crippen molar-refractivity contribution in [3.05, 3.63) is 70.8 Å². The standard InChI is InChI=1S/C18H21NO/c1-12-9-10-16(13(2)11-12)18(20)14(3)17(19)15-7-5-4-6-8-15/h4-11,14,17H,19H2,1-3H3. The van der Waals surface area contributed by atoms with Gasteiger partial charge in [-0.25, -0.2) is 0 Å². The Bertz CT molecular complexity index is 604. The highest BCUT2D eigenvalue weighted by molar-refractivity contribution is 5.99. The molecule has 0 saturated heterocycles. The molecule has 104 valence electrons. The summed E-state index contributed by atoms with van der Waals surface area (Å²) in [4.78, 5) is 12.6. The van der Waals surface area contributed by atoms with Gasteiger partial charge in [-0.3, -0.25) is 4.79 Å². The molecule has 0 radical (unpaired) electrons. The number of hydrogen-bond donors (Lipinski definition) is 1. The van der Waals surface area contributed by atoms with Gasteiger partial charge in [0.2, 0.25) is 0 Å². The van der Waals surface area contributed by atoms with Crippen LogP contribution in [0.5, 0.6) is 0 Å². The Morgan fingerprint density at radius 1 is 1.05 bits per heavy atom. The first-order chi connectivity index (χ1) is 9.50. The molecule has 0 bridgehead atoms. The van der Waals surface area contributed by atoms with E-state index < -0.39 is 0 Å². The van der Waals surface area contributed by atoms with E-state index in [1.165, 1.54) is 5.56 Å². The number of carbonyl (C=O) groups is 1. The fourth-order valence-electron chi connectivity index (χ4n) is 2.46. The number of carbonyl (C=O) groups excluding carboxylic acids is 1. The quantitative estimate of drug-likeness (QED) is 0.856. The average molecular weight is 267 g/mol. The molecular formula is C18H21NO. The number of ketones is 1. The number of Topliss-reactive ketones (excluding diaryl/α,β-unsaturated/α-hetero) is 1. The van der Waals surface area contributed by atoms with Gasteiger partial charge in [0.25, 0.3) is 0 Å². The molecule has 2 N–H and O–H groups in total. The van der Waals surface area contributed by atoms with Gasteiger partial charge in [0.15, 0.2) is 5.78 Å². The molecular weight excluding hydrogens is 246 g/mol. The predicted octanol–water partition coefficient (Wildman–Crippen LogP) is 3.82. The van der Waals surface area contributed by atoms with Gasteiger partial charge in [-0.15, -0.1) is 0 Å². The highest BCUT2D eigenvalue weighted by atomic mass is 16.1. The minimum absolute atomic E-state index is 0.110. The molecule has 2 rings (SSSR count). The largest absolute Gasteiger partial charge is 0.323 e. The molecule has 20 heavy (non-hydrogen) atoms. The minimum Gasteiger partial charge on any atom is -0.323 e. The molecule has 0 spiro atoms. The normalized spacial score (nSPS) is 13.8. The van der Waals surface area contributed by atoms with Crippen LogP contribution in [0, 0.1) is 19.8 Å². The number of rotatable bonds is 4. The Hall–Kier alpha value is -1.93. The number of hydrogen-bond acceptors (Lipinski definition) is 2. The molecule has 2 heteroatoms. The fourth-order valence-corrected chi connectivity index (χ4v) is 2.46. The van der Waals surface area contributed by atoms with Crippen molar-refractivity contribution in [1.29, 1.82) is 0 Å². The van der Waals surface area contributed by atoms with Crippen LogP contribution in [0.4, 0.5) is 0 Å². The van der Waals surface area contributed by atoms with E-state index in [9.17, 15) is 4.79 Å². The molecule has 0 heterocycles. The zero-order valence-electron chi connectivity index (χ0n) is 12.3. The molecule has 0 saturated carbocycles. The Morgan fingerprint density at radius 3 is 2.30 bits per heavy atom. The van der Waals surface area contributed by atoms with E-state index in [1.54, 1.807) is 0 Å². The molecule has 0 amide bonds. The van der Waals surface area contributed by atoms with Crippen LogP contribution in [0.3, 0.4) is 0 Å². The van der Waals surface area contributed by atoms with Crippen molar-refractivity contribution < 1.29 is 4.79 Å². The Kier molecular flexibility index (Phi) is 4.35. The smallest absolute Gasteiger partial charge is 0.167 e. The molecule has 2 aromatic carbocycles. The summed E-state index contributed by atoms with van der Waals surface area (Å²) >= 11 is 0. The van der Waals surface area contributed by atoms with Gasteiger partial charge in [0, 0.05) is 17.5 Å². The summed E-state index contributed by atoms with van der Waals surface area (Å²) in [6.07, 6.45) is 0. The topological polar surface area (TPSA) is 43.1 Å². The average Bonchev–Trinajstić information content (AvgIpc) is 2.46. The van der Waals surface area contributed by atoms with Crippen LogP contribution in [0.25, 0.3) is 0 Å². The van der Waals surface area contributed by atoms with Crippen molar-refractivity contribution in [1.82, 2.24) is 0 Å². The van der Waals surface area contributed by atoms with E-state index in [4.69, 9.17) is 5.73 Å². The van der Waals surface area contributed by atoms with Gasteiger partial charge in [0.05, 0.1) is 0 Å². The predicted molar refractivity (Wildman–Crippen MR) is 82.8 cm³/mol. The lowest BCUT2D eigenvalue weighted by molar-refractivity contribution is 0.0912. The Morgan fingerprint density at radius 2 is 1.70 bits per heavy atom. The zero-order valence-corrected chi connectivity index (χ0v) is 12.3. The SMILES string of the molecule is Cc1ccc(C(=O)C(C)C(N)c2ccccc2)c(C)c1. The lowest BCUT2D eigenvalue weighted by Gasteiger charge is -2.20. The maximum absolute atomic E-state index is 12.6. The van der Waals surface area contributed by atoms with Gasteiger partial charge < -0.3 is 5.73 Å². The van der Waals surface area contributed by atoms with Crippen LogP contribution in [-0.2, 0) is 0 Å². The summed E-state index contributed by atoms with van der Waals surface area (Å²) in [5.41, 5.74) is 10.2. The summed E-state index contributed by atoms with van der Waals surface area (Å²) < 4.78 is 0. The summed E-state index contributed by atoms with van der Waals surface area (Å²) in [5, 5.41) is 0. The van der Waals surface area contributed by atoms with Gasteiger partial charge in [-0.1, -0.05) is 61.0 Å². The van der Waals surface area contributed by atoms with Crippen molar-refractivity contribution in [2.24, 2.45) is 11.7 Å². The molecule has 2 nitrogen and oxygen atoms in total. The maximum atomic E-state index is 12.6. The van der Waals surface area contributed by atoms with Crippen LogP contribution in [-0.4, -0.2) is 5.78 Å². The minimum atomic E-state index is -0.274. The van der Waals surface area contributed by atoms with Gasteiger partial charge in [0.1, 0.15) is 0 Å². The zero-order chi connectivity index (χ0) is 14.7. The maximum Gasteiger partial charge on any atom is 0.167 e. The van der Waals surface area contributed by atoms with E-state index >= 15 is 0 Å². The summed E-state index contributed by atoms with van der Waals surface area (Å²) in [6, 6.07) is 15.4. The monoisotopic (exact) mass is 267 g/mol.